The fraction of sp³-hybridized carbons (Fsp3) is 0. The molecule has 0 fully saturated rings. The van der Waals surface area contributed by atoms with Crippen LogP contribution < -0.4 is 0 Å². The van der Waals surface area contributed by atoms with Gasteiger partial charge in [0.25, 0.3) is 0 Å². The summed E-state index contributed by atoms with van der Waals surface area (Å²) in [5, 5.41) is 4.27. The monoisotopic (exact) mass is 563 g/mol. The quantitative estimate of drug-likeness (QED) is 0.214. The van der Waals surface area contributed by atoms with E-state index < -0.39 is 0 Å². The van der Waals surface area contributed by atoms with Gasteiger partial charge in [0.1, 0.15) is 5.58 Å². The van der Waals surface area contributed by atoms with Gasteiger partial charge in [-0.1, -0.05) is 121 Å². The van der Waals surface area contributed by atoms with Gasteiger partial charge in [0.2, 0.25) is 5.71 Å². The van der Waals surface area contributed by atoms with E-state index in [1.807, 2.05) is 36.4 Å². The second-order valence-corrected chi connectivity index (χ2v) is 11.0. The molecule has 0 amide bonds. The molecule has 0 radical (unpaired) electrons. The molecule has 3 heterocycles. The topological polar surface area (TPSA) is 43.9 Å². The highest BCUT2D eigenvalue weighted by Crippen LogP contribution is 2.43. The van der Waals surface area contributed by atoms with Crippen LogP contribution in [0.5, 0.6) is 0 Å². The van der Waals surface area contributed by atoms with Gasteiger partial charge in [0, 0.05) is 27.6 Å². The maximum absolute atomic E-state index is 6.60. The second-order valence-electron chi connectivity index (χ2n) is 11.0. The van der Waals surface area contributed by atoms with E-state index in [1.165, 1.54) is 16.5 Å². The Balaban J connectivity index is 1.43. The lowest BCUT2D eigenvalue weighted by atomic mass is 10.0. The summed E-state index contributed by atoms with van der Waals surface area (Å²) in [5.41, 5.74) is 9.84. The molecular weight excluding hydrogens is 538 g/mol. The van der Waals surface area contributed by atoms with Crippen LogP contribution in [0, 0.1) is 0 Å². The molecule has 44 heavy (non-hydrogen) atoms. The molecule has 0 saturated carbocycles. The van der Waals surface area contributed by atoms with Gasteiger partial charge < -0.3 is 8.98 Å². The van der Waals surface area contributed by atoms with Crippen LogP contribution in [0.3, 0.4) is 0 Å². The number of para-hydroxylation sites is 1. The lowest BCUT2D eigenvalue weighted by Crippen LogP contribution is -1.96. The Hall–Kier alpha value is -6.00. The predicted molar refractivity (Wildman–Crippen MR) is 180 cm³/mol. The number of hydrogen-bond donors (Lipinski definition) is 0. The summed E-state index contributed by atoms with van der Waals surface area (Å²) in [6.07, 6.45) is 0. The SMILES string of the molecule is c1ccc(-c2cccc(-n3c4ccccc4c4ccc5oc6nc(-c7ccccc7)nc(-c7ccccc7)c6c5c43)c2)cc1. The summed E-state index contributed by atoms with van der Waals surface area (Å²) in [5.74, 6) is 0.642. The standard InChI is InChI=1S/C40H25N3O/c1-4-13-26(14-5-1)29-19-12-20-30(25-29)43-33-22-11-10-21-31(33)32-23-24-34-35(38(32)43)36-37(27-15-6-2-7-16-27)41-39(42-40(36)44-34)28-17-8-3-9-18-28/h1-25H. The Labute approximate surface area is 253 Å². The first-order valence-corrected chi connectivity index (χ1v) is 14.8. The van der Waals surface area contributed by atoms with Crippen LogP contribution in [0.4, 0.5) is 0 Å². The van der Waals surface area contributed by atoms with Crippen LogP contribution >= 0.6 is 0 Å². The largest absolute Gasteiger partial charge is 0.437 e. The Kier molecular flexibility index (Phi) is 5.47. The van der Waals surface area contributed by atoms with Gasteiger partial charge in [0.05, 0.1) is 27.5 Å². The molecule has 206 valence electrons. The van der Waals surface area contributed by atoms with Crippen LogP contribution in [0.15, 0.2) is 156 Å². The Bertz CT molecular complexity index is 2480. The molecule has 0 atom stereocenters. The van der Waals surface area contributed by atoms with Gasteiger partial charge in [-0.3, -0.25) is 0 Å². The van der Waals surface area contributed by atoms with Crippen molar-refractivity contribution in [2.75, 3.05) is 0 Å². The summed E-state index contributed by atoms with van der Waals surface area (Å²) in [6.45, 7) is 0. The molecule has 0 N–H and O–H groups in total. The van der Waals surface area contributed by atoms with Gasteiger partial charge in [-0.2, -0.15) is 4.98 Å². The molecule has 3 aromatic heterocycles. The zero-order valence-electron chi connectivity index (χ0n) is 23.7. The van der Waals surface area contributed by atoms with Crippen molar-refractivity contribution in [2.45, 2.75) is 0 Å². The van der Waals surface area contributed by atoms with E-state index in [-0.39, 0.29) is 0 Å². The van der Waals surface area contributed by atoms with E-state index in [0.717, 1.165) is 55.3 Å². The second kappa shape index (κ2) is 9.79. The Morgan fingerprint density at radius 1 is 0.477 bits per heavy atom. The minimum atomic E-state index is 0.579. The van der Waals surface area contributed by atoms with E-state index in [2.05, 4.69) is 120 Å². The summed E-state index contributed by atoms with van der Waals surface area (Å²) in [6, 6.07) is 52.6. The van der Waals surface area contributed by atoms with Gasteiger partial charge in [-0.05, 0) is 41.5 Å². The van der Waals surface area contributed by atoms with Gasteiger partial charge in [-0.15, -0.1) is 0 Å². The molecule has 0 aliphatic carbocycles. The lowest BCUT2D eigenvalue weighted by Gasteiger charge is -2.11. The molecule has 0 aliphatic heterocycles. The number of hydrogen-bond acceptors (Lipinski definition) is 3. The van der Waals surface area contributed by atoms with Crippen molar-refractivity contribution in [3.63, 3.8) is 0 Å². The number of nitrogens with zero attached hydrogens (tertiary/aromatic N) is 3. The molecule has 0 saturated heterocycles. The summed E-state index contributed by atoms with van der Waals surface area (Å²) < 4.78 is 8.97. The molecule has 4 nitrogen and oxygen atoms in total. The Morgan fingerprint density at radius 2 is 1.14 bits per heavy atom. The van der Waals surface area contributed by atoms with Crippen molar-refractivity contribution in [2.24, 2.45) is 0 Å². The maximum Gasteiger partial charge on any atom is 0.231 e. The van der Waals surface area contributed by atoms with Gasteiger partial charge in [0.15, 0.2) is 5.82 Å². The lowest BCUT2D eigenvalue weighted by molar-refractivity contribution is 0.654. The number of furan rings is 1. The van der Waals surface area contributed by atoms with Crippen LogP contribution in [-0.4, -0.2) is 14.5 Å². The van der Waals surface area contributed by atoms with E-state index in [0.29, 0.717) is 11.5 Å². The van der Waals surface area contributed by atoms with Gasteiger partial charge in [-0.25, -0.2) is 4.98 Å². The van der Waals surface area contributed by atoms with Crippen molar-refractivity contribution in [1.29, 1.82) is 0 Å². The van der Waals surface area contributed by atoms with Crippen molar-refractivity contribution >= 4 is 43.9 Å². The fourth-order valence-corrected chi connectivity index (χ4v) is 6.45. The van der Waals surface area contributed by atoms with Crippen LogP contribution in [0.25, 0.3) is 83.3 Å². The molecule has 0 aliphatic rings. The van der Waals surface area contributed by atoms with Gasteiger partial charge >= 0.3 is 0 Å². The summed E-state index contributed by atoms with van der Waals surface area (Å²) in [7, 11) is 0. The van der Waals surface area contributed by atoms with Crippen molar-refractivity contribution in [3.05, 3.63) is 152 Å². The fourth-order valence-electron chi connectivity index (χ4n) is 6.45. The third-order valence-electron chi connectivity index (χ3n) is 8.42. The van der Waals surface area contributed by atoms with Crippen molar-refractivity contribution in [3.8, 4) is 39.5 Å². The number of rotatable bonds is 4. The zero-order chi connectivity index (χ0) is 29.0. The van der Waals surface area contributed by atoms with Crippen LogP contribution in [-0.2, 0) is 0 Å². The molecule has 0 unspecified atom stereocenters. The average molecular weight is 564 g/mol. The normalized spacial score (nSPS) is 11.6. The van der Waals surface area contributed by atoms with Crippen LogP contribution in [0.1, 0.15) is 0 Å². The molecular formula is C40H25N3O. The van der Waals surface area contributed by atoms with E-state index in [4.69, 9.17) is 14.4 Å². The molecule has 6 aromatic carbocycles. The zero-order valence-corrected chi connectivity index (χ0v) is 23.7. The molecule has 4 heteroatoms. The minimum absolute atomic E-state index is 0.579. The third kappa shape index (κ3) is 3.78. The van der Waals surface area contributed by atoms with Crippen molar-refractivity contribution < 1.29 is 4.42 Å². The Morgan fingerprint density at radius 3 is 1.91 bits per heavy atom. The first kappa shape index (κ1) is 24.6. The highest BCUT2D eigenvalue weighted by Gasteiger charge is 2.23. The number of fused-ring (bicyclic) bond motifs is 7. The molecule has 0 bridgehead atoms. The highest BCUT2D eigenvalue weighted by atomic mass is 16.3. The molecule has 9 rings (SSSR count). The van der Waals surface area contributed by atoms with Crippen molar-refractivity contribution in [1.82, 2.24) is 14.5 Å². The average Bonchev–Trinajstić information content (AvgIpc) is 3.65. The third-order valence-corrected chi connectivity index (χ3v) is 8.42. The van der Waals surface area contributed by atoms with E-state index >= 15 is 0 Å². The minimum Gasteiger partial charge on any atom is -0.437 e. The maximum atomic E-state index is 6.60. The summed E-state index contributed by atoms with van der Waals surface area (Å²) in [4.78, 5) is 10.2. The number of benzene rings is 6. The predicted octanol–water partition coefficient (Wildman–Crippen LogP) is 10.5. The van der Waals surface area contributed by atoms with E-state index in [1.54, 1.807) is 0 Å². The van der Waals surface area contributed by atoms with E-state index in [9.17, 15) is 0 Å². The highest BCUT2D eigenvalue weighted by molar-refractivity contribution is 6.26. The molecule has 9 aromatic rings. The summed E-state index contributed by atoms with van der Waals surface area (Å²) >= 11 is 0. The first-order chi connectivity index (χ1) is 21.8. The molecule has 0 spiro atoms. The smallest absolute Gasteiger partial charge is 0.231 e. The van der Waals surface area contributed by atoms with Crippen LogP contribution in [0.2, 0.25) is 0 Å². The first-order valence-electron chi connectivity index (χ1n) is 14.8. The number of aromatic nitrogens is 3.